The molecule has 0 amide bonds. The van der Waals surface area contributed by atoms with Gasteiger partial charge in [-0.1, -0.05) is 100 Å². The average Bonchev–Trinajstić information content (AvgIpc) is 3.81. The second kappa shape index (κ2) is 31.8. The highest BCUT2D eigenvalue weighted by Gasteiger charge is 1.86. The summed E-state index contributed by atoms with van der Waals surface area (Å²) >= 11 is 6.96. The number of nitrogens with zero attached hydrogens (tertiary/aromatic N) is 2. The number of aromatic nitrogens is 1. The van der Waals surface area contributed by atoms with Crippen LogP contribution in [0.15, 0.2) is 134 Å². The van der Waals surface area contributed by atoms with Crippen LogP contribution in [0.1, 0.15) is 74.9 Å². The van der Waals surface area contributed by atoms with Crippen LogP contribution in [0.25, 0.3) is 0 Å². The molecule has 0 saturated carbocycles. The number of thiazole rings is 1. The van der Waals surface area contributed by atoms with Gasteiger partial charge in [-0.25, -0.2) is 0 Å². The molecule has 2 aliphatic rings. The van der Waals surface area contributed by atoms with Gasteiger partial charge in [-0.2, -0.15) is 11.3 Å². The number of aryl methyl sites for hydroxylation is 5. The summed E-state index contributed by atoms with van der Waals surface area (Å²) in [7, 11) is 0. The van der Waals surface area contributed by atoms with E-state index < -0.39 is 0 Å². The molecule has 0 fully saturated rings. The first-order valence-electron chi connectivity index (χ1n) is 14.2. The minimum Gasteiger partial charge on any atom is -0.266 e. The van der Waals surface area contributed by atoms with Crippen LogP contribution in [0.5, 0.6) is 0 Å². The van der Waals surface area contributed by atoms with Crippen LogP contribution in [0.2, 0.25) is 0 Å². The first-order chi connectivity index (χ1) is 20.8. The number of hydrogen-bond donors (Lipinski definition) is 0. The van der Waals surface area contributed by atoms with Crippen LogP contribution >= 0.6 is 45.3 Å². The predicted molar refractivity (Wildman–Crippen MR) is 220 cm³/mol. The van der Waals surface area contributed by atoms with E-state index in [1.165, 1.54) is 26.5 Å². The summed E-state index contributed by atoms with van der Waals surface area (Å²) in [5.41, 5.74) is 5.23. The van der Waals surface area contributed by atoms with Crippen molar-refractivity contribution < 1.29 is 0 Å². The molecule has 46 heavy (non-hydrogen) atoms. The molecule has 0 unspecified atom stereocenters. The lowest BCUT2D eigenvalue weighted by Gasteiger charge is -1.82. The first-order valence-corrected chi connectivity index (χ1v) is 17.7. The van der Waals surface area contributed by atoms with Crippen molar-refractivity contribution in [3.63, 3.8) is 0 Å². The summed E-state index contributed by atoms with van der Waals surface area (Å²) in [5, 5.41) is 11.5. The molecule has 1 aliphatic heterocycles. The Bertz CT molecular complexity index is 1230. The fraction of sp³-hybridized carbons (Fsp3) is 0.300. The van der Waals surface area contributed by atoms with E-state index in [9.17, 15) is 0 Å². The zero-order valence-corrected chi connectivity index (χ0v) is 29.8. The maximum atomic E-state index is 3.97. The summed E-state index contributed by atoms with van der Waals surface area (Å²) in [6.07, 6.45) is 14.5. The minimum absolute atomic E-state index is 0. The van der Waals surface area contributed by atoms with Crippen molar-refractivity contribution in [1.29, 1.82) is 0 Å². The summed E-state index contributed by atoms with van der Waals surface area (Å²) < 4.78 is 0. The molecular formula is C40H58N2S4. The Balaban J connectivity index is -0.000000464. The van der Waals surface area contributed by atoms with E-state index in [0.717, 1.165) is 23.5 Å². The third-order valence-corrected chi connectivity index (χ3v) is 8.36. The van der Waals surface area contributed by atoms with Gasteiger partial charge in [0.2, 0.25) is 0 Å². The maximum Gasteiger partial charge on any atom is 0.0893 e. The number of thiophene rings is 3. The van der Waals surface area contributed by atoms with Crippen molar-refractivity contribution in [3.8, 4) is 0 Å². The topological polar surface area (TPSA) is 25.2 Å². The Morgan fingerprint density at radius 1 is 0.587 bits per heavy atom. The molecule has 0 bridgehead atoms. The van der Waals surface area contributed by atoms with Gasteiger partial charge in [0.05, 0.1) is 5.01 Å². The van der Waals surface area contributed by atoms with Gasteiger partial charge in [0.1, 0.15) is 0 Å². The molecule has 4 aromatic heterocycles. The monoisotopic (exact) mass is 694 g/mol. The molecular weight excluding hydrogens is 637 g/mol. The van der Waals surface area contributed by atoms with Crippen LogP contribution in [-0.4, -0.2) is 11.2 Å². The predicted octanol–water partition coefficient (Wildman–Crippen LogP) is 14.8. The van der Waals surface area contributed by atoms with E-state index in [0.29, 0.717) is 0 Å². The molecule has 5 aromatic rings. The zero-order valence-electron chi connectivity index (χ0n) is 26.6. The molecule has 0 saturated heterocycles. The Morgan fingerprint density at radius 2 is 1.22 bits per heavy atom. The molecule has 6 heteroatoms. The van der Waals surface area contributed by atoms with Gasteiger partial charge in [0.25, 0.3) is 0 Å². The molecule has 2 nitrogen and oxygen atoms in total. The van der Waals surface area contributed by atoms with Crippen molar-refractivity contribution in [1.82, 2.24) is 4.98 Å². The lowest BCUT2D eigenvalue weighted by Crippen LogP contribution is -1.62. The van der Waals surface area contributed by atoms with Crippen LogP contribution < -0.4 is 0 Å². The van der Waals surface area contributed by atoms with E-state index in [4.69, 9.17) is 0 Å². The van der Waals surface area contributed by atoms with Crippen LogP contribution in [0, 0.1) is 34.6 Å². The third-order valence-electron chi connectivity index (χ3n) is 5.26. The molecule has 1 aliphatic carbocycles. The van der Waals surface area contributed by atoms with Crippen molar-refractivity contribution in [2.24, 2.45) is 4.99 Å². The highest BCUT2D eigenvalue weighted by molar-refractivity contribution is 7.10. The second-order valence-electron chi connectivity index (χ2n) is 9.43. The van der Waals surface area contributed by atoms with Crippen LogP contribution in [0.3, 0.4) is 0 Å². The molecule has 0 atom stereocenters. The molecule has 0 radical (unpaired) electrons. The Hall–Kier alpha value is -3.16. The summed E-state index contributed by atoms with van der Waals surface area (Å²) in [5.74, 6) is 0. The number of hydrogen-bond acceptors (Lipinski definition) is 6. The third kappa shape index (κ3) is 29.5. The van der Waals surface area contributed by atoms with E-state index in [-0.39, 0.29) is 22.3 Å². The number of allylic oxidation sites excluding steroid dienone is 6. The van der Waals surface area contributed by atoms with Crippen LogP contribution in [0.4, 0.5) is 0 Å². The summed E-state index contributed by atoms with van der Waals surface area (Å²) in [4.78, 5) is 10.7. The maximum absolute atomic E-state index is 3.97. The van der Waals surface area contributed by atoms with E-state index in [2.05, 4.69) is 133 Å². The largest absolute Gasteiger partial charge is 0.266 e. The van der Waals surface area contributed by atoms with Crippen molar-refractivity contribution in [2.75, 3.05) is 0 Å². The highest BCUT2D eigenvalue weighted by Crippen LogP contribution is 2.06. The smallest absolute Gasteiger partial charge is 0.0893 e. The fourth-order valence-corrected chi connectivity index (χ4v) is 5.09. The highest BCUT2D eigenvalue weighted by atomic mass is 32.1. The molecule has 0 N–H and O–H groups in total. The van der Waals surface area contributed by atoms with Gasteiger partial charge in [-0.3, -0.25) is 9.98 Å². The first kappa shape index (κ1) is 47.2. The Kier molecular flexibility index (Phi) is 32.7. The molecule has 252 valence electrons. The normalized spacial score (nSPS) is 10.8. The fourth-order valence-electron chi connectivity index (χ4n) is 2.93. The van der Waals surface area contributed by atoms with E-state index in [1.807, 2.05) is 43.6 Å². The number of benzene rings is 1. The van der Waals surface area contributed by atoms with Gasteiger partial charge in [-0.15, -0.1) is 34.0 Å². The van der Waals surface area contributed by atoms with E-state index in [1.54, 1.807) is 51.5 Å². The minimum atomic E-state index is 0. The Labute approximate surface area is 298 Å². The zero-order chi connectivity index (χ0) is 31.5. The lowest BCUT2D eigenvalue weighted by atomic mass is 10.2. The van der Waals surface area contributed by atoms with Crippen molar-refractivity contribution >= 4 is 51.6 Å². The number of rotatable bonds is 0. The number of aliphatic imine (C=N–C) groups is 1. The lowest BCUT2D eigenvalue weighted by molar-refractivity contribution is 1.30. The molecule has 1 aromatic carbocycles. The van der Waals surface area contributed by atoms with Gasteiger partial charge in [0.15, 0.2) is 0 Å². The summed E-state index contributed by atoms with van der Waals surface area (Å²) in [6.45, 7) is 14.5. The van der Waals surface area contributed by atoms with Crippen LogP contribution in [-0.2, 0) is 0 Å². The molecule has 7 rings (SSSR count). The molecule has 0 spiro atoms. The second-order valence-corrected chi connectivity index (χ2v) is 13.6. The SMILES string of the molecule is C.C.C.CC1=CCC=C1.CC1=CCC=N1.Cc1ccccc1.Cc1cccs1.Cc1cccs1.Cc1ccsc1.Cc1nccs1. The molecule has 5 heterocycles. The van der Waals surface area contributed by atoms with E-state index >= 15 is 0 Å². The van der Waals surface area contributed by atoms with Gasteiger partial charge >= 0.3 is 0 Å². The summed E-state index contributed by atoms with van der Waals surface area (Å²) in [6, 6.07) is 20.7. The van der Waals surface area contributed by atoms with Gasteiger partial charge in [-0.05, 0) is 100 Å². The van der Waals surface area contributed by atoms with Crippen molar-refractivity contribution in [2.45, 2.75) is 83.6 Å². The van der Waals surface area contributed by atoms with Gasteiger partial charge < -0.3 is 0 Å². The standard InChI is InChI=1S/C7H8.C6H8.C5H7N.3C5H6S.C4H5NS.3CH4/c1-7-5-3-2-4-6-7;1-6-4-2-3-5-6;1-5-3-2-4-6-5;1-5-2-3-6-4-5;2*1-5-3-2-4-6-5;1-4-5-2-3-6-4;;;/h2-6H,1H3;2,4-5H,3H2,1H3;3-4H,2H2,1H3;3*2-4H,1H3;2-3H,1H3;3*1H4. The Morgan fingerprint density at radius 3 is 1.37 bits per heavy atom. The van der Waals surface area contributed by atoms with Gasteiger partial charge in [0, 0.05) is 39.7 Å². The quantitative estimate of drug-likeness (QED) is 0.158. The average molecular weight is 695 g/mol. The van der Waals surface area contributed by atoms with Crippen molar-refractivity contribution in [3.05, 3.63) is 155 Å².